The molecule has 0 aliphatic carbocycles. The normalized spacial score (nSPS) is 10.6. The Kier molecular flexibility index (Phi) is 3.71. The first-order chi connectivity index (χ1) is 10.1. The first-order valence-corrected chi connectivity index (χ1v) is 7.18. The Morgan fingerprint density at radius 3 is 2.33 bits per heavy atom. The SMILES string of the molecule is O=C(Nc1ccc(F)cc1)c1cccc2c(Br)cccc12. The second-order valence-corrected chi connectivity index (χ2v) is 5.46. The lowest BCUT2D eigenvalue weighted by Gasteiger charge is -2.09. The van der Waals surface area contributed by atoms with Crippen LogP contribution in [0.25, 0.3) is 10.8 Å². The van der Waals surface area contributed by atoms with Crippen LogP contribution in [0, 0.1) is 5.82 Å². The van der Waals surface area contributed by atoms with E-state index < -0.39 is 0 Å². The van der Waals surface area contributed by atoms with Crippen LogP contribution in [0.2, 0.25) is 0 Å². The van der Waals surface area contributed by atoms with Crippen molar-refractivity contribution in [2.24, 2.45) is 0 Å². The van der Waals surface area contributed by atoms with Gasteiger partial charge < -0.3 is 5.32 Å². The molecule has 3 rings (SSSR count). The van der Waals surface area contributed by atoms with E-state index in [1.165, 1.54) is 24.3 Å². The minimum absolute atomic E-state index is 0.217. The van der Waals surface area contributed by atoms with E-state index in [-0.39, 0.29) is 11.7 Å². The molecule has 0 atom stereocenters. The van der Waals surface area contributed by atoms with Crippen LogP contribution in [0.15, 0.2) is 65.1 Å². The molecule has 0 heterocycles. The van der Waals surface area contributed by atoms with Crippen LogP contribution in [0.4, 0.5) is 10.1 Å². The summed E-state index contributed by atoms with van der Waals surface area (Å²) in [5.41, 5.74) is 1.14. The van der Waals surface area contributed by atoms with E-state index in [0.717, 1.165) is 15.2 Å². The minimum atomic E-state index is -0.331. The topological polar surface area (TPSA) is 29.1 Å². The zero-order valence-corrected chi connectivity index (χ0v) is 12.5. The number of anilines is 1. The summed E-state index contributed by atoms with van der Waals surface area (Å²) in [6, 6.07) is 17.0. The average Bonchev–Trinajstić information content (AvgIpc) is 2.49. The fraction of sp³-hybridized carbons (Fsp3) is 0. The van der Waals surface area contributed by atoms with Crippen LogP contribution in [0.5, 0.6) is 0 Å². The van der Waals surface area contributed by atoms with Gasteiger partial charge in [0.25, 0.3) is 5.91 Å². The van der Waals surface area contributed by atoms with Crippen LogP contribution < -0.4 is 5.32 Å². The van der Waals surface area contributed by atoms with Gasteiger partial charge in [-0.15, -0.1) is 0 Å². The van der Waals surface area contributed by atoms with Gasteiger partial charge in [-0.25, -0.2) is 4.39 Å². The van der Waals surface area contributed by atoms with Crippen LogP contribution in [0.1, 0.15) is 10.4 Å². The molecule has 0 saturated carbocycles. The fourth-order valence-electron chi connectivity index (χ4n) is 2.20. The van der Waals surface area contributed by atoms with Gasteiger partial charge in [0.15, 0.2) is 0 Å². The molecule has 3 aromatic carbocycles. The van der Waals surface area contributed by atoms with E-state index >= 15 is 0 Å². The second kappa shape index (κ2) is 5.66. The molecule has 21 heavy (non-hydrogen) atoms. The summed E-state index contributed by atoms with van der Waals surface area (Å²) in [4.78, 5) is 12.4. The number of rotatable bonds is 2. The predicted molar refractivity (Wildman–Crippen MR) is 86.0 cm³/mol. The molecule has 0 radical (unpaired) electrons. The van der Waals surface area contributed by atoms with Gasteiger partial charge in [-0.2, -0.15) is 0 Å². The molecular formula is C17H11BrFNO. The monoisotopic (exact) mass is 343 g/mol. The molecular weight excluding hydrogens is 333 g/mol. The Balaban J connectivity index is 1.98. The molecule has 104 valence electrons. The minimum Gasteiger partial charge on any atom is -0.322 e. The Hall–Kier alpha value is -2.20. The molecule has 4 heteroatoms. The fourth-order valence-corrected chi connectivity index (χ4v) is 2.70. The summed E-state index contributed by atoms with van der Waals surface area (Å²) in [5, 5.41) is 4.62. The molecule has 2 nitrogen and oxygen atoms in total. The zero-order chi connectivity index (χ0) is 14.8. The Bertz CT molecular complexity index is 815. The first-order valence-electron chi connectivity index (χ1n) is 6.39. The van der Waals surface area contributed by atoms with Crippen molar-refractivity contribution >= 4 is 38.3 Å². The average molecular weight is 344 g/mol. The number of hydrogen-bond donors (Lipinski definition) is 1. The van der Waals surface area contributed by atoms with E-state index in [4.69, 9.17) is 0 Å². The van der Waals surface area contributed by atoms with Crippen molar-refractivity contribution in [3.63, 3.8) is 0 Å². The zero-order valence-electron chi connectivity index (χ0n) is 10.9. The summed E-state index contributed by atoms with van der Waals surface area (Å²) in [7, 11) is 0. The molecule has 0 aliphatic heterocycles. The maximum atomic E-state index is 12.9. The summed E-state index contributed by atoms with van der Waals surface area (Å²) in [6.45, 7) is 0. The molecule has 0 aromatic heterocycles. The number of amides is 1. The third kappa shape index (κ3) is 2.81. The lowest BCUT2D eigenvalue weighted by Crippen LogP contribution is -2.12. The highest BCUT2D eigenvalue weighted by Gasteiger charge is 2.11. The van der Waals surface area contributed by atoms with E-state index in [1.807, 2.05) is 30.3 Å². The Morgan fingerprint density at radius 1 is 0.905 bits per heavy atom. The smallest absolute Gasteiger partial charge is 0.256 e. The number of fused-ring (bicyclic) bond motifs is 1. The molecule has 0 saturated heterocycles. The summed E-state index contributed by atoms with van der Waals surface area (Å²) >= 11 is 3.48. The van der Waals surface area contributed by atoms with E-state index in [0.29, 0.717) is 11.3 Å². The predicted octanol–water partition coefficient (Wildman–Crippen LogP) is 4.99. The van der Waals surface area contributed by atoms with Crippen molar-refractivity contribution in [3.05, 3.63) is 76.5 Å². The molecule has 0 aliphatic rings. The maximum Gasteiger partial charge on any atom is 0.256 e. The van der Waals surface area contributed by atoms with Gasteiger partial charge >= 0.3 is 0 Å². The van der Waals surface area contributed by atoms with Gasteiger partial charge in [0, 0.05) is 15.7 Å². The van der Waals surface area contributed by atoms with Gasteiger partial charge in [0.1, 0.15) is 5.82 Å². The van der Waals surface area contributed by atoms with E-state index in [9.17, 15) is 9.18 Å². The van der Waals surface area contributed by atoms with Gasteiger partial charge in [-0.1, -0.05) is 40.2 Å². The highest BCUT2D eigenvalue weighted by molar-refractivity contribution is 9.10. The molecule has 0 bridgehead atoms. The van der Waals surface area contributed by atoms with Crippen molar-refractivity contribution in [2.45, 2.75) is 0 Å². The molecule has 0 spiro atoms. The Labute approximate surface area is 129 Å². The van der Waals surface area contributed by atoms with E-state index in [1.54, 1.807) is 6.07 Å². The molecule has 0 unspecified atom stereocenters. The highest BCUT2D eigenvalue weighted by atomic mass is 79.9. The third-order valence-corrected chi connectivity index (χ3v) is 3.91. The largest absolute Gasteiger partial charge is 0.322 e. The van der Waals surface area contributed by atoms with Gasteiger partial charge in [-0.3, -0.25) is 4.79 Å². The number of carbonyl (C=O) groups excluding carboxylic acids is 1. The highest BCUT2D eigenvalue weighted by Crippen LogP contribution is 2.26. The number of carbonyl (C=O) groups is 1. The lowest BCUT2D eigenvalue weighted by molar-refractivity contribution is 0.102. The van der Waals surface area contributed by atoms with Crippen molar-refractivity contribution in [1.82, 2.24) is 0 Å². The number of benzene rings is 3. The standard InChI is InChI=1S/C17H11BrFNO/c18-16-6-2-3-13-14(16)4-1-5-15(13)17(21)20-12-9-7-11(19)8-10-12/h1-10H,(H,20,21). The van der Waals surface area contributed by atoms with Crippen LogP contribution in [0.3, 0.4) is 0 Å². The van der Waals surface area contributed by atoms with Crippen molar-refractivity contribution in [2.75, 3.05) is 5.32 Å². The quantitative estimate of drug-likeness (QED) is 0.697. The van der Waals surface area contributed by atoms with Gasteiger partial charge in [0.05, 0.1) is 0 Å². The van der Waals surface area contributed by atoms with Crippen LogP contribution in [-0.4, -0.2) is 5.91 Å². The van der Waals surface area contributed by atoms with Crippen LogP contribution >= 0.6 is 15.9 Å². The molecule has 0 fully saturated rings. The van der Waals surface area contributed by atoms with E-state index in [2.05, 4.69) is 21.2 Å². The third-order valence-electron chi connectivity index (χ3n) is 3.22. The Morgan fingerprint density at radius 2 is 1.57 bits per heavy atom. The lowest BCUT2D eigenvalue weighted by atomic mass is 10.0. The summed E-state index contributed by atoms with van der Waals surface area (Å²) < 4.78 is 13.8. The number of halogens is 2. The molecule has 3 aromatic rings. The van der Waals surface area contributed by atoms with Crippen molar-refractivity contribution in [3.8, 4) is 0 Å². The van der Waals surface area contributed by atoms with Crippen molar-refractivity contribution in [1.29, 1.82) is 0 Å². The first kappa shape index (κ1) is 13.8. The van der Waals surface area contributed by atoms with Crippen molar-refractivity contribution < 1.29 is 9.18 Å². The molecule has 1 amide bonds. The summed E-state index contributed by atoms with van der Waals surface area (Å²) in [6.07, 6.45) is 0. The maximum absolute atomic E-state index is 12.9. The summed E-state index contributed by atoms with van der Waals surface area (Å²) in [5.74, 6) is -0.549. The van der Waals surface area contributed by atoms with Gasteiger partial charge in [0.2, 0.25) is 0 Å². The number of hydrogen-bond acceptors (Lipinski definition) is 1. The number of nitrogens with one attached hydrogen (secondary N) is 1. The van der Waals surface area contributed by atoms with Crippen LogP contribution in [-0.2, 0) is 0 Å². The molecule has 1 N–H and O–H groups in total. The van der Waals surface area contributed by atoms with Gasteiger partial charge in [-0.05, 0) is 47.2 Å². The second-order valence-electron chi connectivity index (χ2n) is 4.60.